The van der Waals surface area contributed by atoms with Gasteiger partial charge in [-0.25, -0.2) is 0 Å². The Morgan fingerprint density at radius 2 is 1.92 bits per heavy atom. The van der Waals surface area contributed by atoms with Crippen LogP contribution in [0, 0.1) is 40.4 Å². The van der Waals surface area contributed by atoms with E-state index in [2.05, 4.69) is 6.58 Å². The zero-order valence-electron chi connectivity index (χ0n) is 15.9. The number of ether oxygens (including phenoxy) is 2. The van der Waals surface area contributed by atoms with Gasteiger partial charge in [0.15, 0.2) is 0 Å². The molecule has 0 heterocycles. The van der Waals surface area contributed by atoms with Gasteiger partial charge in [0.1, 0.15) is 5.78 Å². The van der Waals surface area contributed by atoms with Crippen molar-refractivity contribution >= 4 is 17.7 Å². The normalized spacial score (nSPS) is 46.5. The molecule has 0 aromatic carbocycles. The lowest BCUT2D eigenvalue weighted by Gasteiger charge is -2.46. The van der Waals surface area contributed by atoms with Gasteiger partial charge in [0.2, 0.25) is 0 Å². The third kappa shape index (κ3) is 1.89. The van der Waals surface area contributed by atoms with Crippen LogP contribution in [0.1, 0.15) is 45.4 Å². The molecule has 0 aromatic heterocycles. The van der Waals surface area contributed by atoms with Crippen LogP contribution in [0.5, 0.6) is 0 Å². The Hall–Kier alpha value is -1.65. The molecule has 2 bridgehead atoms. The molecule has 0 aliphatic heterocycles. The number of Topliss-reactive ketones (excluding diaryl/α,β-unsaturated/α-hetero) is 1. The van der Waals surface area contributed by atoms with Gasteiger partial charge in [-0.05, 0) is 55.3 Å². The maximum atomic E-state index is 13.2. The average molecular weight is 360 g/mol. The van der Waals surface area contributed by atoms with Gasteiger partial charge in [0, 0.05) is 12.3 Å². The van der Waals surface area contributed by atoms with E-state index in [0.29, 0.717) is 18.8 Å². The van der Waals surface area contributed by atoms with Crippen molar-refractivity contribution in [3.8, 4) is 0 Å². The molecule has 1 spiro atoms. The monoisotopic (exact) mass is 360 g/mol. The van der Waals surface area contributed by atoms with E-state index in [0.717, 1.165) is 25.7 Å². The molecule has 0 radical (unpaired) electrons. The molecule has 7 atom stereocenters. The summed E-state index contributed by atoms with van der Waals surface area (Å²) in [5, 5.41) is 0. The molecular formula is C21H28O5. The molecule has 0 saturated heterocycles. The lowest BCUT2D eigenvalue weighted by Crippen LogP contribution is -2.50. The highest BCUT2D eigenvalue weighted by atomic mass is 16.5. The summed E-state index contributed by atoms with van der Waals surface area (Å²) in [6, 6.07) is 0. The number of ketones is 1. The maximum absolute atomic E-state index is 13.2. The fourth-order valence-electron chi connectivity index (χ4n) is 7.49. The summed E-state index contributed by atoms with van der Waals surface area (Å²) < 4.78 is 10.5. The largest absolute Gasteiger partial charge is 0.469 e. The van der Waals surface area contributed by atoms with Crippen LogP contribution in [0.15, 0.2) is 12.2 Å². The highest BCUT2D eigenvalue weighted by Crippen LogP contribution is 2.76. The van der Waals surface area contributed by atoms with E-state index in [9.17, 15) is 14.4 Å². The molecule has 0 N–H and O–H groups in total. The number of carbonyl (C=O) groups is 3. The van der Waals surface area contributed by atoms with Crippen LogP contribution < -0.4 is 0 Å². The quantitative estimate of drug-likeness (QED) is 0.559. The lowest BCUT2D eigenvalue weighted by atomic mass is 9.56. The molecule has 26 heavy (non-hydrogen) atoms. The summed E-state index contributed by atoms with van der Waals surface area (Å²) in [6.45, 7) is 6.16. The van der Waals surface area contributed by atoms with Gasteiger partial charge in [-0.1, -0.05) is 19.1 Å². The fourth-order valence-corrected chi connectivity index (χ4v) is 7.49. The Labute approximate surface area is 154 Å². The molecule has 4 aliphatic rings. The number of hydrogen-bond donors (Lipinski definition) is 0. The van der Waals surface area contributed by atoms with E-state index < -0.39 is 11.3 Å². The Morgan fingerprint density at radius 1 is 1.19 bits per heavy atom. The molecule has 5 heteroatoms. The highest BCUT2D eigenvalue weighted by Gasteiger charge is 2.76. The van der Waals surface area contributed by atoms with Gasteiger partial charge in [0.05, 0.1) is 25.6 Å². The van der Waals surface area contributed by atoms with Gasteiger partial charge in [0.25, 0.3) is 0 Å². The van der Waals surface area contributed by atoms with Crippen LogP contribution in [0.25, 0.3) is 0 Å². The Bertz CT molecular complexity index is 697. The van der Waals surface area contributed by atoms with Crippen LogP contribution in [0.2, 0.25) is 0 Å². The van der Waals surface area contributed by atoms with Crippen molar-refractivity contribution in [2.24, 2.45) is 40.4 Å². The van der Waals surface area contributed by atoms with Crippen LogP contribution in [0.3, 0.4) is 0 Å². The van der Waals surface area contributed by atoms with E-state index in [1.807, 2.05) is 6.92 Å². The Morgan fingerprint density at radius 3 is 2.58 bits per heavy atom. The molecule has 4 aliphatic carbocycles. The van der Waals surface area contributed by atoms with Gasteiger partial charge in [-0.2, -0.15) is 0 Å². The number of hydrogen-bond acceptors (Lipinski definition) is 5. The number of allylic oxidation sites excluding steroid dienone is 1. The van der Waals surface area contributed by atoms with Crippen molar-refractivity contribution in [1.82, 2.24) is 0 Å². The molecule has 4 fully saturated rings. The van der Waals surface area contributed by atoms with Crippen LogP contribution in [-0.4, -0.2) is 31.9 Å². The number of fused-ring (bicyclic) bond motifs is 3. The SMILES string of the molecule is C=C1C[C@]23C[C@H]1CCC2[C@]1(C(=O)OC)CCC(=O)[C@H](C)C1[C@@H]3C(=O)OC. The predicted molar refractivity (Wildman–Crippen MR) is 93.9 cm³/mol. The molecule has 0 amide bonds. The minimum Gasteiger partial charge on any atom is -0.469 e. The first-order valence-corrected chi connectivity index (χ1v) is 9.70. The predicted octanol–water partition coefficient (Wildman–Crippen LogP) is 2.93. The van der Waals surface area contributed by atoms with Gasteiger partial charge >= 0.3 is 11.9 Å². The van der Waals surface area contributed by atoms with E-state index in [-0.39, 0.29) is 40.9 Å². The maximum Gasteiger partial charge on any atom is 0.312 e. The first-order valence-electron chi connectivity index (χ1n) is 9.70. The van der Waals surface area contributed by atoms with Crippen LogP contribution in [0.4, 0.5) is 0 Å². The summed E-state index contributed by atoms with van der Waals surface area (Å²) in [6.07, 6.45) is 4.42. The van der Waals surface area contributed by atoms with Crippen molar-refractivity contribution in [2.45, 2.75) is 45.4 Å². The van der Waals surface area contributed by atoms with Gasteiger partial charge in [-0.15, -0.1) is 0 Å². The summed E-state index contributed by atoms with van der Waals surface area (Å²) in [5.41, 5.74) is 0.125. The van der Waals surface area contributed by atoms with Crippen molar-refractivity contribution in [3.63, 3.8) is 0 Å². The zero-order chi connectivity index (χ0) is 18.9. The number of methoxy groups -OCH3 is 2. The minimum absolute atomic E-state index is 0.0580. The van der Waals surface area contributed by atoms with Gasteiger partial charge in [-0.3, -0.25) is 14.4 Å². The average Bonchev–Trinajstić information content (AvgIpc) is 3.05. The smallest absolute Gasteiger partial charge is 0.312 e. The Balaban J connectivity index is 1.95. The number of rotatable bonds is 2. The summed E-state index contributed by atoms with van der Waals surface area (Å²) in [4.78, 5) is 38.8. The molecule has 0 aromatic rings. The molecular weight excluding hydrogens is 332 g/mol. The number of carbonyl (C=O) groups excluding carboxylic acids is 3. The lowest BCUT2D eigenvalue weighted by molar-refractivity contribution is -0.167. The van der Waals surface area contributed by atoms with Crippen LogP contribution in [-0.2, 0) is 23.9 Å². The van der Waals surface area contributed by atoms with Crippen molar-refractivity contribution < 1.29 is 23.9 Å². The second-order valence-electron chi connectivity index (χ2n) is 8.91. The first-order chi connectivity index (χ1) is 12.3. The van der Waals surface area contributed by atoms with Crippen molar-refractivity contribution in [3.05, 3.63) is 12.2 Å². The summed E-state index contributed by atoms with van der Waals surface area (Å²) >= 11 is 0. The van der Waals surface area contributed by atoms with E-state index >= 15 is 0 Å². The standard InChI is InChI=1S/C21H28O5/c1-11-9-20-10-13(11)5-6-15(20)21(19(24)26-4)8-7-14(22)12(2)16(21)17(20)18(23)25-3/h12-13,15-17H,1,5-10H2,2-4H3/t12-,13+,15?,16?,17+,20-,21+/m0/s1. The second-order valence-corrected chi connectivity index (χ2v) is 8.91. The highest BCUT2D eigenvalue weighted by molar-refractivity contribution is 5.90. The second kappa shape index (κ2) is 5.67. The van der Waals surface area contributed by atoms with Crippen molar-refractivity contribution in [1.29, 1.82) is 0 Å². The summed E-state index contributed by atoms with van der Waals surface area (Å²) in [5.74, 6) is -1.000. The third-order valence-electron chi connectivity index (χ3n) is 8.31. The third-order valence-corrected chi connectivity index (χ3v) is 8.31. The fraction of sp³-hybridized carbons (Fsp3) is 0.762. The minimum atomic E-state index is -0.753. The van der Waals surface area contributed by atoms with E-state index in [1.165, 1.54) is 19.8 Å². The molecule has 2 unspecified atom stereocenters. The van der Waals surface area contributed by atoms with Gasteiger partial charge < -0.3 is 9.47 Å². The Kier molecular flexibility index (Phi) is 3.87. The first kappa shape index (κ1) is 17.7. The number of esters is 2. The topological polar surface area (TPSA) is 69.7 Å². The molecule has 4 saturated carbocycles. The molecule has 142 valence electrons. The molecule has 5 nitrogen and oxygen atoms in total. The van der Waals surface area contributed by atoms with Crippen molar-refractivity contribution in [2.75, 3.05) is 14.2 Å². The molecule has 4 rings (SSSR count). The van der Waals surface area contributed by atoms with Crippen LogP contribution >= 0.6 is 0 Å². The summed E-state index contributed by atoms with van der Waals surface area (Å²) in [7, 11) is 2.83. The van der Waals surface area contributed by atoms with E-state index in [4.69, 9.17) is 9.47 Å². The van der Waals surface area contributed by atoms with E-state index in [1.54, 1.807) is 0 Å². The zero-order valence-corrected chi connectivity index (χ0v) is 15.9.